The molecule has 2 heterocycles. The summed E-state index contributed by atoms with van der Waals surface area (Å²) in [6.07, 6.45) is 1.93. The first-order valence-corrected chi connectivity index (χ1v) is 7.53. The number of nitrogens with one attached hydrogen (secondary N) is 2. The van der Waals surface area contributed by atoms with Gasteiger partial charge in [0.2, 0.25) is 0 Å². The molecule has 20 heavy (non-hydrogen) atoms. The quantitative estimate of drug-likeness (QED) is 0.671. The third kappa shape index (κ3) is 2.46. The van der Waals surface area contributed by atoms with Crippen molar-refractivity contribution in [2.24, 2.45) is 0 Å². The zero-order valence-corrected chi connectivity index (χ0v) is 11.9. The van der Waals surface area contributed by atoms with Gasteiger partial charge in [-0.15, -0.1) is 11.3 Å². The summed E-state index contributed by atoms with van der Waals surface area (Å²) < 4.78 is 0.848. The van der Waals surface area contributed by atoms with Crippen molar-refractivity contribution in [1.82, 2.24) is 10.3 Å². The van der Waals surface area contributed by atoms with Crippen LogP contribution < -0.4 is 10.6 Å². The van der Waals surface area contributed by atoms with Crippen molar-refractivity contribution in [1.29, 1.82) is 0 Å². The molecule has 0 aliphatic carbocycles. The summed E-state index contributed by atoms with van der Waals surface area (Å²) >= 11 is 1.42. The molecule has 1 aliphatic heterocycles. The second-order valence-electron chi connectivity index (χ2n) is 5.14. The van der Waals surface area contributed by atoms with Crippen molar-refractivity contribution in [3.63, 3.8) is 0 Å². The first-order valence-electron chi connectivity index (χ1n) is 6.65. The van der Waals surface area contributed by atoms with Gasteiger partial charge in [0.1, 0.15) is 5.69 Å². The van der Waals surface area contributed by atoms with E-state index in [1.54, 1.807) is 11.6 Å². The van der Waals surface area contributed by atoms with Crippen LogP contribution in [0.4, 0.5) is 11.4 Å². The molecule has 2 aromatic rings. The van der Waals surface area contributed by atoms with Crippen molar-refractivity contribution < 1.29 is 4.92 Å². The van der Waals surface area contributed by atoms with E-state index in [1.807, 2.05) is 6.07 Å². The Morgan fingerprint density at radius 2 is 2.40 bits per heavy atom. The lowest BCUT2D eigenvalue weighted by atomic mass is 10.00. The van der Waals surface area contributed by atoms with E-state index in [9.17, 15) is 10.1 Å². The van der Waals surface area contributed by atoms with Crippen molar-refractivity contribution in [3.8, 4) is 0 Å². The van der Waals surface area contributed by atoms with E-state index >= 15 is 0 Å². The molecule has 0 amide bonds. The highest BCUT2D eigenvalue weighted by molar-refractivity contribution is 7.16. The van der Waals surface area contributed by atoms with Gasteiger partial charge < -0.3 is 10.6 Å². The molecule has 1 saturated heterocycles. The predicted octanol–water partition coefficient (Wildman–Crippen LogP) is 2.76. The summed E-state index contributed by atoms with van der Waals surface area (Å²) in [5, 5.41) is 18.1. The van der Waals surface area contributed by atoms with Crippen molar-refractivity contribution in [2.75, 3.05) is 11.9 Å². The molecule has 0 saturated carbocycles. The number of piperidine rings is 1. The van der Waals surface area contributed by atoms with Crippen LogP contribution in [0.5, 0.6) is 0 Å². The van der Waals surface area contributed by atoms with Gasteiger partial charge >= 0.3 is 5.69 Å². The van der Waals surface area contributed by atoms with E-state index in [0.717, 1.165) is 24.1 Å². The Kier molecular flexibility index (Phi) is 3.54. The van der Waals surface area contributed by atoms with E-state index in [-0.39, 0.29) is 16.7 Å². The summed E-state index contributed by atoms with van der Waals surface area (Å²) in [6.45, 7) is 3.07. The molecular weight excluding hydrogens is 276 g/mol. The second-order valence-corrected chi connectivity index (χ2v) is 6.03. The third-order valence-corrected chi connectivity index (χ3v) is 4.44. The zero-order valence-electron chi connectivity index (χ0n) is 11.1. The van der Waals surface area contributed by atoms with Gasteiger partial charge in [0.25, 0.3) is 0 Å². The fraction of sp³-hybridized carbons (Fsp3) is 0.462. The summed E-state index contributed by atoms with van der Waals surface area (Å²) in [6, 6.07) is 4.39. The fourth-order valence-corrected chi connectivity index (χ4v) is 3.38. The zero-order chi connectivity index (χ0) is 14.1. The average molecular weight is 292 g/mol. The minimum atomic E-state index is -0.338. The smallest absolute Gasteiger partial charge is 0.319 e. The van der Waals surface area contributed by atoms with Gasteiger partial charge in [-0.2, -0.15) is 0 Å². The molecule has 6 nitrogen and oxygen atoms in total. The normalized spacial score (nSPS) is 22.9. The molecule has 0 radical (unpaired) electrons. The molecule has 2 N–H and O–H groups in total. The number of anilines is 1. The van der Waals surface area contributed by atoms with Crippen LogP contribution in [0.3, 0.4) is 0 Å². The maximum atomic E-state index is 11.4. The number of nitro benzene ring substituents is 1. The topological polar surface area (TPSA) is 80.1 Å². The van der Waals surface area contributed by atoms with Gasteiger partial charge in [0, 0.05) is 12.1 Å². The number of hydrogen-bond acceptors (Lipinski definition) is 6. The highest BCUT2D eigenvalue weighted by Crippen LogP contribution is 2.35. The molecule has 7 heteroatoms. The minimum absolute atomic E-state index is 0.0925. The van der Waals surface area contributed by atoms with Crippen LogP contribution >= 0.6 is 11.3 Å². The lowest BCUT2D eigenvalue weighted by Gasteiger charge is -2.29. The van der Waals surface area contributed by atoms with E-state index in [2.05, 4.69) is 22.5 Å². The van der Waals surface area contributed by atoms with Crippen LogP contribution in [-0.4, -0.2) is 28.5 Å². The summed E-state index contributed by atoms with van der Waals surface area (Å²) in [4.78, 5) is 15.2. The van der Waals surface area contributed by atoms with Gasteiger partial charge in [0.15, 0.2) is 5.52 Å². The van der Waals surface area contributed by atoms with Crippen molar-refractivity contribution in [2.45, 2.75) is 31.8 Å². The molecule has 1 fully saturated rings. The van der Waals surface area contributed by atoms with Crippen LogP contribution in [0.15, 0.2) is 17.6 Å². The Hall–Kier alpha value is -1.73. The summed E-state index contributed by atoms with van der Waals surface area (Å²) in [5.74, 6) is 0. The van der Waals surface area contributed by atoms with Crippen LogP contribution in [0.25, 0.3) is 10.2 Å². The Labute approximate surface area is 120 Å². The molecule has 2 unspecified atom stereocenters. The SMILES string of the molecule is CC1CC(Nc2ccc3scnc3c2[N+](=O)[O-])CCN1. The largest absolute Gasteiger partial charge is 0.377 e. The standard InChI is InChI=1S/C13H16N4O2S/c1-8-6-9(4-5-14-8)16-10-2-3-11-12(15-7-20-11)13(10)17(18)19/h2-3,7-9,14,16H,4-6H2,1H3. The molecule has 1 aromatic carbocycles. The average Bonchev–Trinajstić information content (AvgIpc) is 2.86. The molecule has 0 bridgehead atoms. The Balaban J connectivity index is 1.94. The monoisotopic (exact) mass is 292 g/mol. The van der Waals surface area contributed by atoms with Crippen LogP contribution in [0.2, 0.25) is 0 Å². The Bertz CT molecular complexity index is 642. The number of nitrogens with zero attached hydrogens (tertiary/aromatic N) is 2. The lowest BCUT2D eigenvalue weighted by Crippen LogP contribution is -2.41. The third-order valence-electron chi connectivity index (χ3n) is 3.64. The Morgan fingerprint density at radius 3 is 3.15 bits per heavy atom. The number of hydrogen-bond donors (Lipinski definition) is 2. The van der Waals surface area contributed by atoms with E-state index in [4.69, 9.17) is 0 Å². The number of thiazole rings is 1. The molecule has 2 atom stereocenters. The molecule has 1 aromatic heterocycles. The van der Waals surface area contributed by atoms with E-state index < -0.39 is 0 Å². The molecule has 3 rings (SSSR count). The number of nitro groups is 1. The van der Waals surface area contributed by atoms with Crippen LogP contribution in [0, 0.1) is 10.1 Å². The molecule has 1 aliphatic rings. The number of fused-ring (bicyclic) bond motifs is 1. The van der Waals surface area contributed by atoms with E-state index in [1.165, 1.54) is 11.3 Å². The first kappa shape index (κ1) is 13.3. The lowest BCUT2D eigenvalue weighted by molar-refractivity contribution is -0.382. The Morgan fingerprint density at radius 1 is 1.55 bits per heavy atom. The highest BCUT2D eigenvalue weighted by Gasteiger charge is 2.24. The van der Waals surface area contributed by atoms with Gasteiger partial charge in [0.05, 0.1) is 15.1 Å². The maximum absolute atomic E-state index is 11.4. The first-order chi connectivity index (χ1) is 9.65. The summed E-state index contributed by atoms with van der Waals surface area (Å²) in [5.41, 5.74) is 2.79. The van der Waals surface area contributed by atoms with Crippen LogP contribution in [0.1, 0.15) is 19.8 Å². The molecular formula is C13H16N4O2S. The number of aromatic nitrogens is 1. The van der Waals surface area contributed by atoms with Gasteiger partial charge in [-0.3, -0.25) is 10.1 Å². The fourth-order valence-electron chi connectivity index (χ4n) is 2.70. The van der Waals surface area contributed by atoms with Gasteiger partial charge in [-0.05, 0) is 38.4 Å². The summed E-state index contributed by atoms with van der Waals surface area (Å²) in [7, 11) is 0. The molecule has 0 spiro atoms. The van der Waals surface area contributed by atoms with E-state index in [0.29, 0.717) is 17.2 Å². The van der Waals surface area contributed by atoms with Gasteiger partial charge in [-0.25, -0.2) is 4.98 Å². The second kappa shape index (κ2) is 5.34. The van der Waals surface area contributed by atoms with Crippen LogP contribution in [-0.2, 0) is 0 Å². The highest BCUT2D eigenvalue weighted by atomic mass is 32.1. The molecule has 106 valence electrons. The van der Waals surface area contributed by atoms with Crippen molar-refractivity contribution in [3.05, 3.63) is 27.8 Å². The van der Waals surface area contributed by atoms with Crippen molar-refractivity contribution >= 4 is 32.9 Å². The number of rotatable bonds is 3. The number of benzene rings is 1. The predicted molar refractivity (Wildman–Crippen MR) is 80.4 cm³/mol. The minimum Gasteiger partial charge on any atom is -0.377 e. The maximum Gasteiger partial charge on any atom is 0.319 e. The van der Waals surface area contributed by atoms with Gasteiger partial charge in [-0.1, -0.05) is 0 Å².